The quantitative estimate of drug-likeness (QED) is 0.452. The molecule has 10 nitrogen and oxygen atoms in total. The molecule has 214 valence electrons. The van der Waals surface area contributed by atoms with Crippen LogP contribution in [0.5, 0.6) is 0 Å². The molecule has 3 aliphatic rings. The highest BCUT2D eigenvalue weighted by atomic mass is 79.9. The van der Waals surface area contributed by atoms with Gasteiger partial charge in [0.2, 0.25) is 5.82 Å². The minimum absolute atomic E-state index is 0.00608. The van der Waals surface area contributed by atoms with Gasteiger partial charge in [0.15, 0.2) is 5.82 Å². The average molecular weight is 612 g/mol. The highest BCUT2D eigenvalue weighted by Gasteiger charge is 2.27. The first-order chi connectivity index (χ1) is 19.5. The fraction of sp³-hybridized carbons (Fsp3) is 0.586. The van der Waals surface area contributed by atoms with Gasteiger partial charge in [-0.15, -0.1) is 0 Å². The number of halogens is 1. The fourth-order valence-corrected chi connectivity index (χ4v) is 6.04. The SMILES string of the molecule is CN1CCC(CN2CCN(Cc3ccc(C(=O)N(NC4CCOCC4)c4nc(C#N)ncc4Br)cc3)CC2)CC1. The van der Waals surface area contributed by atoms with Gasteiger partial charge in [-0.3, -0.25) is 9.69 Å². The molecule has 0 spiro atoms. The Labute approximate surface area is 245 Å². The van der Waals surface area contributed by atoms with E-state index in [0.717, 1.165) is 51.5 Å². The predicted octanol–water partition coefficient (Wildman–Crippen LogP) is 2.90. The van der Waals surface area contributed by atoms with Gasteiger partial charge < -0.3 is 14.5 Å². The van der Waals surface area contributed by atoms with Crippen molar-refractivity contribution in [1.82, 2.24) is 30.1 Å². The first kappa shape index (κ1) is 29.0. The molecule has 40 heavy (non-hydrogen) atoms. The van der Waals surface area contributed by atoms with Crippen LogP contribution in [-0.2, 0) is 11.3 Å². The van der Waals surface area contributed by atoms with Crippen molar-refractivity contribution in [2.24, 2.45) is 5.92 Å². The van der Waals surface area contributed by atoms with E-state index in [9.17, 15) is 10.1 Å². The lowest BCUT2D eigenvalue weighted by molar-refractivity contribution is 0.0739. The van der Waals surface area contributed by atoms with E-state index in [0.29, 0.717) is 29.1 Å². The number of nitriles is 1. The zero-order valence-corrected chi connectivity index (χ0v) is 24.9. The third kappa shape index (κ3) is 7.63. The zero-order chi connectivity index (χ0) is 27.9. The number of benzene rings is 1. The molecule has 11 heteroatoms. The van der Waals surface area contributed by atoms with Gasteiger partial charge in [0.05, 0.1) is 4.47 Å². The van der Waals surface area contributed by atoms with E-state index in [1.165, 1.54) is 49.2 Å². The van der Waals surface area contributed by atoms with Gasteiger partial charge in [0, 0.05) is 70.3 Å². The van der Waals surface area contributed by atoms with Crippen LogP contribution in [0.25, 0.3) is 0 Å². The molecule has 0 radical (unpaired) electrons. The number of anilines is 1. The van der Waals surface area contributed by atoms with Crippen LogP contribution in [0, 0.1) is 17.2 Å². The largest absolute Gasteiger partial charge is 0.381 e. The molecule has 3 aliphatic heterocycles. The molecule has 3 saturated heterocycles. The number of hydrazine groups is 1. The standard InChI is InChI=1S/C29H39BrN8O2/c1-35-10-6-23(7-11-35)21-37-14-12-36(13-15-37)20-22-2-4-24(5-3-22)29(39)38(34-25-8-16-40-17-9-25)28-26(30)19-32-27(18-31)33-28/h2-5,19,23,25,34H,6-17,20-21H2,1H3. The molecule has 1 amide bonds. The number of ether oxygens (including phenoxy) is 1. The van der Waals surface area contributed by atoms with E-state index < -0.39 is 0 Å². The van der Waals surface area contributed by atoms with Crippen LogP contribution in [0.1, 0.15) is 47.4 Å². The minimum Gasteiger partial charge on any atom is -0.381 e. The molecule has 0 bridgehead atoms. The molecule has 0 aliphatic carbocycles. The second-order valence-electron chi connectivity index (χ2n) is 11.2. The summed E-state index contributed by atoms with van der Waals surface area (Å²) in [6.07, 6.45) is 5.70. The maximum atomic E-state index is 13.7. The monoisotopic (exact) mass is 610 g/mol. The molecular weight excluding hydrogens is 572 g/mol. The van der Waals surface area contributed by atoms with E-state index in [4.69, 9.17) is 4.74 Å². The van der Waals surface area contributed by atoms with Gasteiger partial charge in [0.25, 0.3) is 5.91 Å². The molecule has 0 saturated carbocycles. The molecule has 3 fully saturated rings. The van der Waals surface area contributed by atoms with E-state index >= 15 is 0 Å². The average Bonchev–Trinajstić information content (AvgIpc) is 2.99. The molecule has 0 atom stereocenters. The van der Waals surface area contributed by atoms with Crippen molar-refractivity contribution in [3.8, 4) is 6.07 Å². The Morgan fingerprint density at radius 3 is 2.42 bits per heavy atom. The first-order valence-electron chi connectivity index (χ1n) is 14.3. The number of aromatic nitrogens is 2. The summed E-state index contributed by atoms with van der Waals surface area (Å²) in [5, 5.41) is 10.8. The summed E-state index contributed by atoms with van der Waals surface area (Å²) in [6, 6.07) is 9.87. The van der Waals surface area contributed by atoms with Crippen molar-refractivity contribution in [1.29, 1.82) is 5.26 Å². The number of carbonyl (C=O) groups excluding carboxylic acids is 1. The van der Waals surface area contributed by atoms with Crippen molar-refractivity contribution in [2.45, 2.75) is 38.3 Å². The lowest BCUT2D eigenvalue weighted by Gasteiger charge is -2.38. The lowest BCUT2D eigenvalue weighted by atomic mass is 9.96. The topological polar surface area (TPSA) is 101 Å². The van der Waals surface area contributed by atoms with Crippen molar-refractivity contribution in [2.75, 3.05) is 71.1 Å². The summed E-state index contributed by atoms with van der Waals surface area (Å²) >= 11 is 3.46. The van der Waals surface area contributed by atoms with Crippen molar-refractivity contribution in [3.05, 3.63) is 51.9 Å². The van der Waals surface area contributed by atoms with Crippen LogP contribution >= 0.6 is 15.9 Å². The summed E-state index contributed by atoms with van der Waals surface area (Å²) in [5.41, 5.74) is 5.08. The van der Waals surface area contributed by atoms with Crippen molar-refractivity contribution in [3.63, 3.8) is 0 Å². The number of amides is 1. The van der Waals surface area contributed by atoms with Crippen LogP contribution in [0.4, 0.5) is 5.82 Å². The van der Waals surface area contributed by atoms with Crippen LogP contribution in [0.3, 0.4) is 0 Å². The highest BCUT2D eigenvalue weighted by molar-refractivity contribution is 9.10. The van der Waals surface area contributed by atoms with Crippen LogP contribution in [0.15, 0.2) is 34.9 Å². The van der Waals surface area contributed by atoms with Gasteiger partial charge in [-0.1, -0.05) is 12.1 Å². The summed E-state index contributed by atoms with van der Waals surface area (Å²) < 4.78 is 6.02. The Morgan fingerprint density at radius 1 is 1.07 bits per heavy atom. The Balaban J connectivity index is 1.20. The van der Waals surface area contributed by atoms with Gasteiger partial charge in [-0.05, 0) is 85.4 Å². The van der Waals surface area contributed by atoms with Crippen molar-refractivity contribution >= 4 is 27.7 Å². The molecule has 1 N–H and O–H groups in total. The Hall–Kier alpha value is -2.46. The van der Waals surface area contributed by atoms with E-state index in [1.807, 2.05) is 30.3 Å². The molecular formula is C29H39BrN8O2. The Morgan fingerprint density at radius 2 is 1.75 bits per heavy atom. The Bertz CT molecular complexity index is 1170. The molecule has 5 rings (SSSR count). The fourth-order valence-electron chi connectivity index (χ4n) is 5.67. The summed E-state index contributed by atoms with van der Waals surface area (Å²) in [4.78, 5) is 29.6. The number of hydrogen-bond acceptors (Lipinski definition) is 9. The third-order valence-electron chi connectivity index (χ3n) is 8.20. The van der Waals surface area contributed by atoms with Crippen molar-refractivity contribution < 1.29 is 9.53 Å². The second-order valence-corrected chi connectivity index (χ2v) is 12.0. The van der Waals surface area contributed by atoms with Crippen LogP contribution in [0.2, 0.25) is 0 Å². The molecule has 0 unspecified atom stereocenters. The Kier molecular flexibility index (Phi) is 10.1. The molecule has 1 aromatic heterocycles. The maximum Gasteiger partial charge on any atom is 0.274 e. The highest BCUT2D eigenvalue weighted by Crippen LogP contribution is 2.25. The smallest absolute Gasteiger partial charge is 0.274 e. The van der Waals surface area contributed by atoms with Gasteiger partial charge in [-0.25, -0.2) is 15.4 Å². The van der Waals surface area contributed by atoms with Crippen LogP contribution < -0.4 is 10.4 Å². The third-order valence-corrected chi connectivity index (χ3v) is 8.76. The number of likely N-dealkylation sites (tertiary alicyclic amines) is 1. The maximum absolute atomic E-state index is 13.7. The van der Waals surface area contributed by atoms with Gasteiger partial charge >= 0.3 is 0 Å². The van der Waals surface area contributed by atoms with E-state index in [1.54, 1.807) is 0 Å². The predicted molar refractivity (Wildman–Crippen MR) is 157 cm³/mol. The number of piperidine rings is 1. The molecule has 2 aromatic rings. The lowest BCUT2D eigenvalue weighted by Crippen LogP contribution is -2.51. The molecule has 4 heterocycles. The zero-order valence-electron chi connectivity index (χ0n) is 23.3. The minimum atomic E-state index is -0.233. The van der Waals surface area contributed by atoms with Crippen LogP contribution in [-0.4, -0.2) is 103 Å². The van der Waals surface area contributed by atoms with Gasteiger partial charge in [-0.2, -0.15) is 10.2 Å². The number of nitrogens with one attached hydrogen (secondary N) is 1. The number of nitrogens with zero attached hydrogens (tertiary/aromatic N) is 7. The number of carbonyl (C=O) groups is 1. The van der Waals surface area contributed by atoms with Gasteiger partial charge in [0.1, 0.15) is 6.07 Å². The first-order valence-corrected chi connectivity index (χ1v) is 15.1. The number of piperazine rings is 1. The summed E-state index contributed by atoms with van der Waals surface area (Å²) in [7, 11) is 2.22. The van der Waals surface area contributed by atoms with E-state index in [2.05, 4.69) is 53.1 Å². The normalized spacial score (nSPS) is 20.3. The second kappa shape index (κ2) is 13.9. The number of rotatable bonds is 8. The summed E-state index contributed by atoms with van der Waals surface area (Å²) in [6.45, 7) is 10.2. The number of hydrogen-bond donors (Lipinski definition) is 1. The summed E-state index contributed by atoms with van der Waals surface area (Å²) in [5.74, 6) is 0.934. The van der Waals surface area contributed by atoms with E-state index in [-0.39, 0.29) is 17.8 Å². The molecule has 1 aromatic carbocycles.